The highest BCUT2D eigenvalue weighted by Gasteiger charge is 2.33. The third kappa shape index (κ3) is 8.12. The van der Waals surface area contributed by atoms with Crippen LogP contribution in [0.15, 0.2) is 71.6 Å². The van der Waals surface area contributed by atoms with Crippen LogP contribution >= 0.6 is 23.2 Å². The van der Waals surface area contributed by atoms with E-state index in [1.165, 1.54) is 24.0 Å². The summed E-state index contributed by atoms with van der Waals surface area (Å²) in [6, 6.07) is 14.1. The fraction of sp³-hybridized carbons (Fsp3) is 0.310. The Hall–Kier alpha value is -3.34. The van der Waals surface area contributed by atoms with Gasteiger partial charge in [-0.3, -0.25) is 13.9 Å². The van der Waals surface area contributed by atoms with E-state index in [1.807, 2.05) is 6.92 Å². The van der Waals surface area contributed by atoms with Gasteiger partial charge in [0.25, 0.3) is 10.0 Å². The van der Waals surface area contributed by atoms with Gasteiger partial charge in [-0.05, 0) is 88.4 Å². The maximum Gasteiger partial charge on any atom is 0.264 e. The molecule has 0 aromatic heterocycles. The van der Waals surface area contributed by atoms with Crippen molar-refractivity contribution >= 4 is 50.7 Å². The molecule has 0 bridgehead atoms. The van der Waals surface area contributed by atoms with Crippen LogP contribution in [-0.2, 0) is 26.2 Å². The molecule has 3 aromatic rings. The molecule has 0 saturated carbocycles. The summed E-state index contributed by atoms with van der Waals surface area (Å²) in [4.78, 5) is 28.0. The Balaban J connectivity index is 2.07. The van der Waals surface area contributed by atoms with Gasteiger partial charge < -0.3 is 15.0 Å². The third-order valence-electron chi connectivity index (χ3n) is 6.10. The summed E-state index contributed by atoms with van der Waals surface area (Å²) in [6.45, 7) is 6.50. The Kier molecular flexibility index (Phi) is 11.0. The summed E-state index contributed by atoms with van der Waals surface area (Å²) in [5.74, 6) is -1.23. The van der Waals surface area contributed by atoms with E-state index in [1.54, 1.807) is 44.2 Å². The first-order valence-electron chi connectivity index (χ1n) is 12.9. The number of benzene rings is 3. The van der Waals surface area contributed by atoms with Gasteiger partial charge in [0.05, 0.1) is 17.2 Å². The van der Waals surface area contributed by atoms with Crippen molar-refractivity contribution in [2.45, 2.75) is 51.2 Å². The number of anilines is 1. The van der Waals surface area contributed by atoms with Crippen molar-refractivity contribution in [1.82, 2.24) is 10.2 Å². The molecule has 0 heterocycles. The number of carbonyl (C=O) groups excluding carboxylic acids is 2. The van der Waals surface area contributed by atoms with Gasteiger partial charge in [-0.25, -0.2) is 12.8 Å². The SMILES string of the molecule is CCOc1ccc(N(CC(=O)N(Cc2c(Cl)cccc2Cl)[C@H](C)C(=O)NC(C)C)S(=O)(=O)c2ccc(F)cc2)cc1. The van der Waals surface area contributed by atoms with E-state index < -0.39 is 40.2 Å². The molecule has 0 aliphatic rings. The third-order valence-corrected chi connectivity index (χ3v) is 8.60. The van der Waals surface area contributed by atoms with Crippen molar-refractivity contribution in [1.29, 1.82) is 0 Å². The first kappa shape index (κ1) is 32.2. The number of hydrogen-bond donors (Lipinski definition) is 1. The lowest BCUT2D eigenvalue weighted by Gasteiger charge is -2.32. The minimum absolute atomic E-state index is 0.155. The van der Waals surface area contributed by atoms with Gasteiger partial charge >= 0.3 is 0 Å². The van der Waals surface area contributed by atoms with Gasteiger partial charge in [0.15, 0.2) is 0 Å². The predicted octanol–water partition coefficient (Wildman–Crippen LogP) is 5.67. The molecule has 0 fully saturated rings. The largest absolute Gasteiger partial charge is 0.494 e. The lowest BCUT2D eigenvalue weighted by molar-refractivity contribution is -0.139. The highest BCUT2D eigenvalue weighted by atomic mass is 35.5. The first-order valence-corrected chi connectivity index (χ1v) is 15.1. The predicted molar refractivity (Wildman–Crippen MR) is 158 cm³/mol. The molecule has 0 saturated heterocycles. The van der Waals surface area contributed by atoms with E-state index in [4.69, 9.17) is 27.9 Å². The molecule has 41 heavy (non-hydrogen) atoms. The summed E-state index contributed by atoms with van der Waals surface area (Å²) < 4.78 is 47.6. The fourth-order valence-electron chi connectivity index (χ4n) is 3.98. The number of sulfonamides is 1. The van der Waals surface area contributed by atoms with E-state index in [0.29, 0.717) is 17.9 Å². The van der Waals surface area contributed by atoms with Crippen molar-refractivity contribution in [3.8, 4) is 5.75 Å². The lowest BCUT2D eigenvalue weighted by atomic mass is 10.1. The molecule has 3 aromatic carbocycles. The second kappa shape index (κ2) is 14.0. The smallest absolute Gasteiger partial charge is 0.264 e. The quantitative estimate of drug-likeness (QED) is 0.280. The maximum atomic E-state index is 14.0. The fourth-order valence-corrected chi connectivity index (χ4v) is 5.91. The van der Waals surface area contributed by atoms with Crippen LogP contribution in [0, 0.1) is 5.82 Å². The van der Waals surface area contributed by atoms with Crippen LogP contribution in [0.5, 0.6) is 5.75 Å². The summed E-state index contributed by atoms with van der Waals surface area (Å²) in [7, 11) is -4.35. The molecule has 220 valence electrons. The average Bonchev–Trinajstić information content (AvgIpc) is 2.91. The molecule has 0 spiro atoms. The zero-order chi connectivity index (χ0) is 30.3. The average molecular weight is 625 g/mol. The minimum Gasteiger partial charge on any atom is -0.494 e. The summed E-state index contributed by atoms with van der Waals surface area (Å²) in [6.07, 6.45) is 0. The van der Waals surface area contributed by atoms with E-state index in [9.17, 15) is 22.4 Å². The van der Waals surface area contributed by atoms with Crippen molar-refractivity contribution in [3.63, 3.8) is 0 Å². The number of carbonyl (C=O) groups is 2. The van der Waals surface area contributed by atoms with Crippen LogP contribution in [-0.4, -0.2) is 50.4 Å². The standard InChI is InChI=1S/C29H32Cl2FN3O5S/c1-5-40-23-13-11-22(12-14-23)35(41(38,39)24-15-9-21(32)10-16-24)18-28(36)34(20(4)29(37)33-19(2)3)17-25-26(30)7-6-8-27(25)31/h6-16,19-20H,5,17-18H2,1-4H3,(H,33,37)/t20-/m1/s1. The number of hydrogen-bond acceptors (Lipinski definition) is 5. The summed E-state index contributed by atoms with van der Waals surface area (Å²) >= 11 is 12.8. The van der Waals surface area contributed by atoms with Crippen molar-refractivity contribution in [2.75, 3.05) is 17.5 Å². The van der Waals surface area contributed by atoms with Crippen molar-refractivity contribution in [2.24, 2.45) is 0 Å². The van der Waals surface area contributed by atoms with Crippen LogP contribution in [0.25, 0.3) is 0 Å². The van der Waals surface area contributed by atoms with Crippen LogP contribution in [0.3, 0.4) is 0 Å². The van der Waals surface area contributed by atoms with E-state index in [0.717, 1.165) is 28.6 Å². The topological polar surface area (TPSA) is 96.0 Å². The zero-order valence-corrected chi connectivity index (χ0v) is 25.4. The summed E-state index contributed by atoms with van der Waals surface area (Å²) in [5, 5.41) is 3.35. The molecule has 1 N–H and O–H groups in total. The zero-order valence-electron chi connectivity index (χ0n) is 23.1. The monoisotopic (exact) mass is 623 g/mol. The van der Waals surface area contributed by atoms with Gasteiger partial charge in [-0.1, -0.05) is 29.3 Å². The lowest BCUT2D eigenvalue weighted by Crippen LogP contribution is -2.52. The number of ether oxygens (including phenoxy) is 1. The number of rotatable bonds is 12. The highest BCUT2D eigenvalue weighted by molar-refractivity contribution is 7.92. The molecule has 0 aliphatic carbocycles. The molecule has 0 unspecified atom stereocenters. The Bertz CT molecular complexity index is 1450. The normalized spacial score (nSPS) is 12.1. The molecule has 8 nitrogen and oxygen atoms in total. The molecular weight excluding hydrogens is 592 g/mol. The Labute approximate surface area is 250 Å². The Morgan fingerprint density at radius 3 is 2.07 bits per heavy atom. The van der Waals surface area contributed by atoms with E-state index in [-0.39, 0.29) is 33.2 Å². The number of nitrogens with one attached hydrogen (secondary N) is 1. The molecular formula is C29H32Cl2FN3O5S. The second-order valence-corrected chi connectivity index (χ2v) is 12.1. The molecule has 12 heteroatoms. The first-order chi connectivity index (χ1) is 19.3. The van der Waals surface area contributed by atoms with Crippen LogP contribution in [0.4, 0.5) is 10.1 Å². The Morgan fingerprint density at radius 1 is 0.951 bits per heavy atom. The number of halogens is 3. The molecule has 3 rings (SSSR count). The molecule has 0 aliphatic heterocycles. The number of nitrogens with zero attached hydrogens (tertiary/aromatic N) is 2. The highest BCUT2D eigenvalue weighted by Crippen LogP contribution is 2.29. The number of amides is 2. The van der Waals surface area contributed by atoms with Crippen LogP contribution in [0.2, 0.25) is 10.0 Å². The van der Waals surface area contributed by atoms with E-state index in [2.05, 4.69) is 5.32 Å². The molecule has 1 atom stereocenters. The van der Waals surface area contributed by atoms with Gasteiger partial charge in [0.2, 0.25) is 11.8 Å². The van der Waals surface area contributed by atoms with Crippen molar-refractivity contribution in [3.05, 3.63) is 88.2 Å². The van der Waals surface area contributed by atoms with Gasteiger partial charge in [-0.2, -0.15) is 0 Å². The second-order valence-electron chi connectivity index (χ2n) is 9.45. The van der Waals surface area contributed by atoms with Gasteiger partial charge in [-0.15, -0.1) is 0 Å². The Morgan fingerprint density at radius 2 is 1.54 bits per heavy atom. The summed E-state index contributed by atoms with van der Waals surface area (Å²) in [5.41, 5.74) is 0.573. The molecule has 0 radical (unpaired) electrons. The molecule has 2 amide bonds. The van der Waals surface area contributed by atoms with Crippen molar-refractivity contribution < 1.29 is 27.1 Å². The minimum atomic E-state index is -4.35. The maximum absolute atomic E-state index is 14.0. The van der Waals surface area contributed by atoms with Gasteiger partial charge in [0, 0.05) is 28.2 Å². The van der Waals surface area contributed by atoms with E-state index >= 15 is 0 Å². The van der Waals surface area contributed by atoms with Crippen LogP contribution < -0.4 is 14.4 Å². The van der Waals surface area contributed by atoms with Crippen LogP contribution in [0.1, 0.15) is 33.3 Å². The van der Waals surface area contributed by atoms with Gasteiger partial charge in [0.1, 0.15) is 24.2 Å².